The number of esters is 1. The second-order valence-corrected chi connectivity index (χ2v) is 34.3. The molecule has 6 aromatic carbocycles. The zero-order valence-corrected chi connectivity index (χ0v) is 70.1. The molecule has 4 N–H and O–H groups in total. The zero-order chi connectivity index (χ0) is 79.5. The first-order chi connectivity index (χ1) is 54.6. The number of amides is 4. The molecule has 6 fully saturated rings. The number of methoxy groups -OCH3 is 1. The van der Waals surface area contributed by atoms with Gasteiger partial charge in [-0.3, -0.25) is 19.2 Å². The summed E-state index contributed by atoms with van der Waals surface area (Å²) in [5.41, 5.74) is 13.6. The van der Waals surface area contributed by atoms with Crippen molar-refractivity contribution < 1.29 is 100.0 Å². The first kappa shape index (κ1) is 86.5. The molecule has 4 amide bonds. The Bertz CT molecular complexity index is 5100. The Morgan fingerprint density at radius 3 is 1.25 bits per heavy atom. The molecule has 2 saturated carbocycles. The summed E-state index contributed by atoms with van der Waals surface area (Å²) < 4.78 is 73.8. The summed E-state index contributed by atoms with van der Waals surface area (Å²) in [4.78, 5) is 85.0. The van der Waals surface area contributed by atoms with Crippen LogP contribution in [-0.2, 0) is 70.3 Å². The summed E-state index contributed by atoms with van der Waals surface area (Å²) >= 11 is 0. The minimum absolute atomic E-state index is 0. The van der Waals surface area contributed by atoms with E-state index in [9.17, 15) is 50.7 Å². The Labute approximate surface area is 696 Å². The number of benzene rings is 6. The monoisotopic (exact) mass is 1620 g/mol. The van der Waals surface area contributed by atoms with E-state index in [1.54, 1.807) is 24.3 Å². The van der Waals surface area contributed by atoms with Crippen LogP contribution in [0.4, 0.5) is 22.7 Å². The van der Waals surface area contributed by atoms with Crippen LogP contribution < -0.4 is 69.3 Å². The van der Waals surface area contributed by atoms with Gasteiger partial charge in [0, 0.05) is 136 Å². The predicted octanol–water partition coefficient (Wildman–Crippen LogP) is 9.98. The molecule has 0 unspecified atom stereocenters. The molecule has 0 radical (unpaired) electrons. The number of anilines is 4. The molecular weight excluding hydrogens is 1510 g/mol. The number of piperazine rings is 2. The van der Waals surface area contributed by atoms with Gasteiger partial charge in [-0.25, -0.2) is 26.4 Å². The molecule has 0 atom stereocenters. The first-order valence-corrected chi connectivity index (χ1v) is 43.4. The standard InChI is InChI=1S/C44H53N5O7S.C43H51N5O7S.Na.H2O/c1-4-5-21-45-40(50)29-49-39-28-33(44(52)55-2)15-19-37(39)42(31-10-7-6-8-11-31)43(49)32-13-17-36(18-14-32)56-30-34-27-35(48-22-9-12-41(48)51)16-20-38(34)46-23-25-47(26-24-46)57(3,53)54;1-3-4-20-44-39(49)28-48-38-27-32(43(51)52)14-18-36(38)41(30-9-6-5-7-10-30)42(48)31-12-16-35(17-13-31)55-29-33-26-34(47-21-8-11-40(47)50)15-19-37(33)45-22-24-46(25-23-45)56(2,53)54;;/h4,13-20,27-28,31H,1,5-12,21-26,29-30H2,2-3H3,(H,45,50);3,12-19,26-27,30H,1,4-11,20-25,28-29H2,2H3,(H,44,49)(H,51,52);;1H2/q;;+1;/p-1. The number of ether oxygens (including phenoxy) is 3. The van der Waals surface area contributed by atoms with Gasteiger partial charge < -0.3 is 64.2 Å². The molecule has 6 heterocycles. The largest absolute Gasteiger partial charge is 1.00 e. The van der Waals surface area contributed by atoms with Crippen LogP contribution in [-0.4, -0.2) is 179 Å². The fourth-order valence-corrected chi connectivity index (χ4v) is 18.8. The third-order valence-corrected chi connectivity index (χ3v) is 25.5. The van der Waals surface area contributed by atoms with Crippen molar-refractivity contribution in [2.45, 2.75) is 141 Å². The number of rotatable bonds is 28. The molecule has 0 bridgehead atoms. The van der Waals surface area contributed by atoms with Gasteiger partial charge in [0.15, 0.2) is 0 Å². The number of hydrogen-bond acceptors (Lipinski definition) is 16. The van der Waals surface area contributed by atoms with Crippen molar-refractivity contribution in [1.82, 2.24) is 28.4 Å². The normalized spacial score (nSPS) is 16.7. The average molecular weight is 1620 g/mol. The second-order valence-electron chi connectivity index (χ2n) is 30.3. The van der Waals surface area contributed by atoms with Crippen molar-refractivity contribution in [1.29, 1.82) is 0 Å². The molecule has 115 heavy (non-hydrogen) atoms. The second kappa shape index (κ2) is 39.1. The fraction of sp³-hybridized carbons (Fsp3) is 0.425. The molecule has 28 heteroatoms. The van der Waals surface area contributed by atoms with E-state index in [1.165, 1.54) is 46.6 Å². The van der Waals surface area contributed by atoms with Gasteiger partial charge >= 0.3 is 41.5 Å². The number of nitrogens with one attached hydrogen (secondary N) is 2. The Hall–Kier alpha value is -9.32. The molecule has 25 nitrogen and oxygen atoms in total. The first-order valence-electron chi connectivity index (χ1n) is 39.7. The van der Waals surface area contributed by atoms with E-state index < -0.39 is 32.0 Å². The number of fused-ring (bicyclic) bond motifs is 2. The Kier molecular flexibility index (Phi) is 29.4. The van der Waals surface area contributed by atoms with Crippen LogP contribution in [0.5, 0.6) is 11.5 Å². The van der Waals surface area contributed by atoms with Gasteiger partial charge in [0.05, 0.1) is 53.2 Å². The minimum Gasteiger partial charge on any atom is -0.870 e. The van der Waals surface area contributed by atoms with Crippen LogP contribution in [0.15, 0.2) is 147 Å². The van der Waals surface area contributed by atoms with E-state index >= 15 is 0 Å². The van der Waals surface area contributed by atoms with Crippen molar-refractivity contribution in [3.05, 3.63) is 180 Å². The van der Waals surface area contributed by atoms with Crippen molar-refractivity contribution in [2.75, 3.05) is 118 Å². The number of carboxylic acid groups (broad SMARTS) is 1. The molecule has 6 aliphatic rings. The van der Waals surface area contributed by atoms with Gasteiger partial charge in [0.2, 0.25) is 43.7 Å². The quantitative estimate of drug-likeness (QED) is 0.0178. The molecule has 0 spiro atoms. The van der Waals surface area contributed by atoms with E-state index in [0.29, 0.717) is 127 Å². The molecule has 8 aromatic rings. The van der Waals surface area contributed by atoms with Crippen molar-refractivity contribution >= 4 is 100 Å². The van der Waals surface area contributed by atoms with E-state index in [0.717, 1.165) is 148 Å². The van der Waals surface area contributed by atoms with Gasteiger partial charge in [-0.2, -0.15) is 8.61 Å². The van der Waals surface area contributed by atoms with E-state index in [-0.39, 0.29) is 96.4 Å². The Morgan fingerprint density at radius 2 is 0.896 bits per heavy atom. The molecule has 4 saturated heterocycles. The van der Waals surface area contributed by atoms with Crippen molar-refractivity contribution in [2.24, 2.45) is 0 Å². The van der Waals surface area contributed by atoms with Crippen LogP contribution >= 0.6 is 0 Å². The molecule has 4 aliphatic heterocycles. The predicted molar refractivity (Wildman–Crippen MR) is 444 cm³/mol. The van der Waals surface area contributed by atoms with Gasteiger partial charge in [0.1, 0.15) is 37.8 Å². The SMILES string of the molecule is C=CCCNC(=O)Cn1c(-c2ccc(OCc3cc(N4CCCC4=O)ccc3N3CCN(S(C)(=O)=O)CC3)cc2)c(C2CCCCC2)c2ccc(C(=O)O)cc21.C=CCCNC(=O)Cn1c(-c2ccc(OCc3cc(N4CCCC4=O)ccc3N3CCN(S(C)(=O)=O)CC3)cc2)c(C2CCCCC2)c2ccc(C(=O)OC)cc21.[Na+].[OH-]. The maximum absolute atomic E-state index is 13.4. The van der Waals surface area contributed by atoms with E-state index in [4.69, 9.17) is 14.2 Å². The van der Waals surface area contributed by atoms with Crippen LogP contribution in [0.1, 0.15) is 158 Å². The summed E-state index contributed by atoms with van der Waals surface area (Å²) in [6, 6.07) is 38.7. The Morgan fingerprint density at radius 1 is 0.504 bits per heavy atom. The van der Waals surface area contributed by atoms with Crippen molar-refractivity contribution in [3.8, 4) is 34.0 Å². The fourth-order valence-electron chi connectivity index (χ4n) is 17.1. The minimum atomic E-state index is -3.28. The van der Waals surface area contributed by atoms with Crippen LogP contribution in [0.25, 0.3) is 44.3 Å². The average Bonchev–Trinajstić information content (AvgIpc) is 1.59. The third-order valence-electron chi connectivity index (χ3n) is 22.9. The number of aromatic carboxylic acids is 1. The van der Waals surface area contributed by atoms with E-state index in [2.05, 4.69) is 33.6 Å². The van der Waals surface area contributed by atoms with Gasteiger partial charge in [-0.1, -0.05) is 62.8 Å². The summed E-state index contributed by atoms with van der Waals surface area (Å²) in [5.74, 6) is 0.334. The van der Waals surface area contributed by atoms with E-state index in [1.807, 2.05) is 128 Å². The van der Waals surface area contributed by atoms with Crippen molar-refractivity contribution in [3.63, 3.8) is 0 Å². The zero-order valence-electron chi connectivity index (χ0n) is 66.5. The number of hydrogen-bond donors (Lipinski definition) is 3. The van der Waals surface area contributed by atoms with Gasteiger partial charge in [0.25, 0.3) is 0 Å². The molecule has 606 valence electrons. The summed E-state index contributed by atoms with van der Waals surface area (Å²) in [6.07, 6.45) is 21.0. The summed E-state index contributed by atoms with van der Waals surface area (Å²) in [5, 5.41) is 17.9. The van der Waals surface area contributed by atoms with Crippen LogP contribution in [0.3, 0.4) is 0 Å². The topological polar surface area (TPSA) is 302 Å². The number of carbonyl (C=O) groups is 6. The molecule has 2 aromatic heterocycles. The molecular formula is C87H105N10NaO15S2. The number of carboxylic acids is 1. The van der Waals surface area contributed by atoms with Gasteiger partial charge in [-0.15, -0.1) is 13.2 Å². The molecule has 14 rings (SSSR count). The Balaban J connectivity index is 0.000000223. The third kappa shape index (κ3) is 20.4. The number of nitrogens with zero attached hydrogens (tertiary/aromatic N) is 8. The van der Waals surface area contributed by atoms with Gasteiger partial charge in [-0.05, 0) is 195 Å². The number of aromatic nitrogens is 2. The number of carbonyl (C=O) groups excluding carboxylic acids is 5. The maximum atomic E-state index is 13.4. The van der Waals surface area contributed by atoms with Crippen LogP contribution in [0, 0.1) is 0 Å². The smallest absolute Gasteiger partial charge is 0.870 e. The summed E-state index contributed by atoms with van der Waals surface area (Å²) in [7, 11) is -5.19. The number of sulfonamides is 2. The summed E-state index contributed by atoms with van der Waals surface area (Å²) in [6.45, 7) is 14.1. The van der Waals surface area contributed by atoms with Crippen LogP contribution in [0.2, 0.25) is 0 Å². The maximum Gasteiger partial charge on any atom is 1.00 e. The molecule has 2 aliphatic carbocycles.